The molecule has 27 heavy (non-hydrogen) atoms. The van der Waals surface area contributed by atoms with Gasteiger partial charge in [0, 0.05) is 19.6 Å². The van der Waals surface area contributed by atoms with Crippen molar-refractivity contribution in [2.45, 2.75) is 52.7 Å². The predicted octanol–water partition coefficient (Wildman–Crippen LogP) is 3.04. The third-order valence-electron chi connectivity index (χ3n) is 4.81. The van der Waals surface area contributed by atoms with E-state index in [0.717, 1.165) is 18.8 Å². The molecule has 2 amide bonds. The topological polar surface area (TPSA) is 75.0 Å². The lowest BCUT2D eigenvalue weighted by Crippen LogP contribution is -2.41. The molecule has 0 saturated carbocycles. The Bertz CT molecular complexity index is 605. The number of amides is 2. The van der Waals surface area contributed by atoms with Gasteiger partial charge in [0.25, 0.3) is 0 Å². The fourth-order valence-corrected chi connectivity index (χ4v) is 3.36. The maximum atomic E-state index is 12.6. The zero-order valence-corrected chi connectivity index (χ0v) is 17.2. The van der Waals surface area contributed by atoms with Crippen LogP contribution in [0.3, 0.4) is 0 Å². The molecular formula is C20H33N3O4. The molecule has 1 aromatic heterocycles. The summed E-state index contributed by atoms with van der Waals surface area (Å²) in [7, 11) is 0. The van der Waals surface area contributed by atoms with Crippen LogP contribution in [-0.2, 0) is 9.53 Å². The second-order valence-corrected chi connectivity index (χ2v) is 7.91. The fourth-order valence-electron chi connectivity index (χ4n) is 3.36. The van der Waals surface area contributed by atoms with E-state index in [1.54, 1.807) is 11.2 Å². The summed E-state index contributed by atoms with van der Waals surface area (Å²) in [5.74, 6) is 0.622. The van der Waals surface area contributed by atoms with Crippen molar-refractivity contribution in [2.24, 2.45) is 5.92 Å². The third kappa shape index (κ3) is 5.99. The lowest BCUT2D eigenvalue weighted by atomic mass is 10.1. The normalized spacial score (nSPS) is 18.6. The molecule has 1 N–H and O–H groups in total. The molecule has 0 bridgehead atoms. The lowest BCUT2D eigenvalue weighted by Gasteiger charge is -2.28. The Morgan fingerprint density at radius 1 is 1.37 bits per heavy atom. The number of nitrogens with zero attached hydrogens (tertiary/aromatic N) is 2. The maximum absolute atomic E-state index is 12.6. The minimum absolute atomic E-state index is 0.00214. The Hall–Kier alpha value is -2.02. The van der Waals surface area contributed by atoms with E-state index in [2.05, 4.69) is 24.1 Å². The van der Waals surface area contributed by atoms with Crippen molar-refractivity contribution in [3.63, 3.8) is 0 Å². The van der Waals surface area contributed by atoms with Crippen LogP contribution < -0.4 is 5.32 Å². The molecule has 1 fully saturated rings. The maximum Gasteiger partial charge on any atom is 0.410 e. The summed E-state index contributed by atoms with van der Waals surface area (Å²) in [6.45, 7) is 12.9. The van der Waals surface area contributed by atoms with Gasteiger partial charge in [-0.3, -0.25) is 9.69 Å². The second-order valence-electron chi connectivity index (χ2n) is 7.91. The Morgan fingerprint density at radius 2 is 2.07 bits per heavy atom. The number of hydrogen-bond acceptors (Lipinski definition) is 5. The summed E-state index contributed by atoms with van der Waals surface area (Å²) in [5.41, 5.74) is -0.530. The summed E-state index contributed by atoms with van der Waals surface area (Å²) in [4.78, 5) is 28.7. The molecule has 152 valence electrons. The molecule has 0 aromatic carbocycles. The number of furan rings is 1. The monoisotopic (exact) mass is 379 g/mol. The molecule has 0 spiro atoms. The molecule has 7 heteroatoms. The van der Waals surface area contributed by atoms with E-state index in [1.807, 2.05) is 32.9 Å². The number of carbonyl (C=O) groups excluding carboxylic acids is 2. The molecule has 0 radical (unpaired) electrons. The van der Waals surface area contributed by atoms with Crippen LogP contribution in [0.4, 0.5) is 4.79 Å². The fraction of sp³-hybridized carbons (Fsp3) is 0.700. The first kappa shape index (κ1) is 21.3. The summed E-state index contributed by atoms with van der Waals surface area (Å²) < 4.78 is 11.0. The predicted molar refractivity (Wildman–Crippen MR) is 103 cm³/mol. The summed E-state index contributed by atoms with van der Waals surface area (Å²) in [6, 6.07) is 3.81. The van der Waals surface area contributed by atoms with E-state index in [1.165, 1.54) is 0 Å². The highest BCUT2D eigenvalue weighted by Gasteiger charge is 2.34. The van der Waals surface area contributed by atoms with E-state index in [-0.39, 0.29) is 24.0 Å². The van der Waals surface area contributed by atoms with Gasteiger partial charge in [-0.1, -0.05) is 13.8 Å². The van der Waals surface area contributed by atoms with Gasteiger partial charge in [0.05, 0.1) is 18.2 Å². The van der Waals surface area contributed by atoms with Gasteiger partial charge in [0.15, 0.2) is 0 Å². The minimum Gasteiger partial charge on any atom is -0.468 e. The van der Waals surface area contributed by atoms with E-state index in [9.17, 15) is 9.59 Å². The molecule has 1 saturated heterocycles. The van der Waals surface area contributed by atoms with Crippen molar-refractivity contribution < 1.29 is 18.7 Å². The molecule has 2 atom stereocenters. The second kappa shape index (κ2) is 9.26. The molecule has 2 unspecified atom stereocenters. The number of likely N-dealkylation sites (N-methyl/N-ethyl adjacent to an activating group) is 1. The van der Waals surface area contributed by atoms with Crippen molar-refractivity contribution >= 4 is 12.0 Å². The van der Waals surface area contributed by atoms with E-state index < -0.39 is 5.60 Å². The van der Waals surface area contributed by atoms with E-state index in [4.69, 9.17) is 9.15 Å². The summed E-state index contributed by atoms with van der Waals surface area (Å²) in [6.07, 6.45) is 1.96. The zero-order valence-electron chi connectivity index (χ0n) is 17.2. The van der Waals surface area contributed by atoms with Gasteiger partial charge in [-0.15, -0.1) is 0 Å². The van der Waals surface area contributed by atoms with Gasteiger partial charge in [-0.05, 0) is 52.4 Å². The number of likely N-dealkylation sites (tertiary alicyclic amines) is 1. The van der Waals surface area contributed by atoms with Crippen LogP contribution in [0.25, 0.3) is 0 Å². The highest BCUT2D eigenvalue weighted by molar-refractivity contribution is 5.80. The number of carbonyl (C=O) groups is 2. The standard InChI is InChI=1S/C20H33N3O4/c1-6-22(7-2)16(17-9-8-12-26-17)13-21-18(24)15-10-11-23(14-15)19(25)27-20(3,4)5/h8-9,12,15-16H,6-7,10-11,13-14H2,1-5H3,(H,21,24). The summed E-state index contributed by atoms with van der Waals surface area (Å²) in [5, 5.41) is 3.05. The molecule has 1 aliphatic rings. The van der Waals surface area contributed by atoms with Gasteiger partial charge >= 0.3 is 6.09 Å². The van der Waals surface area contributed by atoms with Crippen LogP contribution in [0.1, 0.15) is 52.8 Å². The minimum atomic E-state index is -0.530. The largest absolute Gasteiger partial charge is 0.468 e. The molecule has 7 nitrogen and oxygen atoms in total. The van der Waals surface area contributed by atoms with Crippen molar-refractivity contribution in [2.75, 3.05) is 32.7 Å². The van der Waals surface area contributed by atoms with Gasteiger partial charge in [-0.25, -0.2) is 4.79 Å². The van der Waals surface area contributed by atoms with Crippen LogP contribution in [0, 0.1) is 5.92 Å². The van der Waals surface area contributed by atoms with Crippen LogP contribution in [0.15, 0.2) is 22.8 Å². The highest BCUT2D eigenvalue weighted by Crippen LogP contribution is 2.22. The van der Waals surface area contributed by atoms with Gasteiger partial charge in [0.2, 0.25) is 5.91 Å². The van der Waals surface area contributed by atoms with Crippen molar-refractivity contribution in [3.8, 4) is 0 Å². The number of nitrogens with one attached hydrogen (secondary N) is 1. The zero-order chi connectivity index (χ0) is 20.0. The Labute approximate surface area is 162 Å². The quantitative estimate of drug-likeness (QED) is 0.788. The Kier molecular flexibility index (Phi) is 7.30. The van der Waals surface area contributed by atoms with Gasteiger partial charge in [-0.2, -0.15) is 0 Å². The molecule has 2 heterocycles. The smallest absolute Gasteiger partial charge is 0.410 e. The van der Waals surface area contributed by atoms with E-state index in [0.29, 0.717) is 26.1 Å². The summed E-state index contributed by atoms with van der Waals surface area (Å²) >= 11 is 0. The van der Waals surface area contributed by atoms with Gasteiger partial charge < -0.3 is 19.4 Å². The first-order chi connectivity index (χ1) is 12.7. The number of hydrogen-bond donors (Lipinski definition) is 1. The molecule has 0 aliphatic carbocycles. The van der Waals surface area contributed by atoms with Crippen LogP contribution in [0.2, 0.25) is 0 Å². The average molecular weight is 380 g/mol. The van der Waals surface area contributed by atoms with Crippen LogP contribution in [-0.4, -0.2) is 60.1 Å². The Balaban J connectivity index is 1.90. The number of ether oxygens (including phenoxy) is 1. The average Bonchev–Trinajstić information content (AvgIpc) is 3.28. The molecule has 1 aromatic rings. The third-order valence-corrected chi connectivity index (χ3v) is 4.81. The van der Waals surface area contributed by atoms with Gasteiger partial charge in [0.1, 0.15) is 11.4 Å². The molecule has 2 rings (SSSR count). The molecular weight excluding hydrogens is 346 g/mol. The van der Waals surface area contributed by atoms with Crippen molar-refractivity contribution in [1.82, 2.24) is 15.1 Å². The van der Waals surface area contributed by atoms with Crippen LogP contribution in [0.5, 0.6) is 0 Å². The van der Waals surface area contributed by atoms with Crippen molar-refractivity contribution in [3.05, 3.63) is 24.2 Å². The van der Waals surface area contributed by atoms with Crippen LogP contribution >= 0.6 is 0 Å². The SMILES string of the molecule is CCN(CC)C(CNC(=O)C1CCN(C(=O)OC(C)(C)C)C1)c1ccco1. The highest BCUT2D eigenvalue weighted by atomic mass is 16.6. The van der Waals surface area contributed by atoms with Crippen molar-refractivity contribution in [1.29, 1.82) is 0 Å². The van der Waals surface area contributed by atoms with E-state index >= 15 is 0 Å². The first-order valence-electron chi connectivity index (χ1n) is 9.78. The molecule has 1 aliphatic heterocycles. The first-order valence-corrected chi connectivity index (χ1v) is 9.78. The Morgan fingerprint density at radius 3 is 2.63 bits per heavy atom. The number of rotatable bonds is 7. The lowest BCUT2D eigenvalue weighted by molar-refractivity contribution is -0.124.